The molecule has 1 amide bonds. The first-order valence-corrected chi connectivity index (χ1v) is 6.72. The summed E-state index contributed by atoms with van der Waals surface area (Å²) in [4.78, 5) is 11.9. The SMILES string of the molecule is NC12CC(NC(=O)COc3ccc4cn[nH]c4c3)(C1)C2. The third-order valence-corrected chi connectivity index (χ3v) is 4.26. The van der Waals surface area contributed by atoms with Crippen molar-refractivity contribution in [3.05, 3.63) is 24.4 Å². The predicted molar refractivity (Wildman–Crippen MR) is 73.2 cm³/mol. The second kappa shape index (κ2) is 3.73. The topological polar surface area (TPSA) is 93.0 Å². The lowest BCUT2D eigenvalue weighted by molar-refractivity contribution is -0.137. The zero-order valence-electron chi connectivity index (χ0n) is 11.0. The number of nitrogens with two attached hydrogens (primary N) is 1. The van der Waals surface area contributed by atoms with Crippen LogP contribution in [0.1, 0.15) is 19.3 Å². The van der Waals surface area contributed by atoms with Crippen molar-refractivity contribution in [1.29, 1.82) is 0 Å². The van der Waals surface area contributed by atoms with Crippen LogP contribution in [0.5, 0.6) is 5.75 Å². The number of aromatic amines is 1. The highest BCUT2D eigenvalue weighted by Gasteiger charge is 2.66. The zero-order valence-corrected chi connectivity index (χ0v) is 11.0. The minimum absolute atomic E-state index is 0.000208. The van der Waals surface area contributed by atoms with Gasteiger partial charge >= 0.3 is 0 Å². The van der Waals surface area contributed by atoms with Gasteiger partial charge in [0, 0.05) is 22.5 Å². The van der Waals surface area contributed by atoms with Gasteiger partial charge in [-0.3, -0.25) is 9.89 Å². The largest absolute Gasteiger partial charge is 0.484 e. The number of carbonyl (C=O) groups is 1. The Labute approximate surface area is 115 Å². The molecule has 1 aromatic carbocycles. The highest BCUT2D eigenvalue weighted by molar-refractivity contribution is 5.81. The molecule has 1 heterocycles. The molecular formula is C14H16N4O2. The van der Waals surface area contributed by atoms with Gasteiger partial charge in [-0.05, 0) is 31.4 Å². The molecule has 4 N–H and O–H groups in total. The third-order valence-electron chi connectivity index (χ3n) is 4.26. The molecule has 6 nitrogen and oxygen atoms in total. The van der Waals surface area contributed by atoms with Gasteiger partial charge in [0.25, 0.3) is 5.91 Å². The van der Waals surface area contributed by atoms with Crippen molar-refractivity contribution in [3.63, 3.8) is 0 Å². The maximum atomic E-state index is 11.9. The van der Waals surface area contributed by atoms with Gasteiger partial charge < -0.3 is 15.8 Å². The number of hydrogen-bond acceptors (Lipinski definition) is 4. The van der Waals surface area contributed by atoms with E-state index in [0.717, 1.165) is 30.2 Å². The van der Waals surface area contributed by atoms with E-state index in [4.69, 9.17) is 10.5 Å². The maximum absolute atomic E-state index is 11.9. The standard InChI is InChI=1S/C14H16N4O2/c15-13-6-14(7-13,8-13)17-12(19)5-20-10-2-1-9-4-16-18-11(9)3-10/h1-4H,5-8,15H2,(H,16,18)(H,17,19). The Hall–Kier alpha value is -2.08. The number of aromatic nitrogens is 2. The number of benzene rings is 1. The Morgan fingerprint density at radius 2 is 2.25 bits per heavy atom. The molecule has 104 valence electrons. The Morgan fingerprint density at radius 3 is 3.00 bits per heavy atom. The van der Waals surface area contributed by atoms with E-state index in [0.29, 0.717) is 5.75 Å². The first-order valence-electron chi connectivity index (χ1n) is 6.72. The average molecular weight is 272 g/mol. The van der Waals surface area contributed by atoms with Crippen LogP contribution in [0.25, 0.3) is 10.9 Å². The highest BCUT2D eigenvalue weighted by Crippen LogP contribution is 2.58. The third kappa shape index (κ3) is 1.76. The highest BCUT2D eigenvalue weighted by atomic mass is 16.5. The van der Waals surface area contributed by atoms with Gasteiger partial charge in [-0.2, -0.15) is 5.10 Å². The minimum atomic E-state index is -0.0866. The monoisotopic (exact) mass is 272 g/mol. The summed E-state index contributed by atoms with van der Waals surface area (Å²) in [6.45, 7) is 0.0268. The summed E-state index contributed by atoms with van der Waals surface area (Å²) in [5, 5.41) is 10.9. The number of fused-ring (bicyclic) bond motifs is 1. The van der Waals surface area contributed by atoms with Gasteiger partial charge in [-0.25, -0.2) is 0 Å². The van der Waals surface area contributed by atoms with E-state index in [1.807, 2.05) is 18.2 Å². The molecule has 0 unspecified atom stereocenters. The van der Waals surface area contributed by atoms with Crippen molar-refractivity contribution < 1.29 is 9.53 Å². The molecule has 0 aliphatic heterocycles. The molecule has 3 saturated carbocycles. The zero-order chi connectivity index (χ0) is 13.8. The van der Waals surface area contributed by atoms with Crippen LogP contribution in [0.15, 0.2) is 24.4 Å². The van der Waals surface area contributed by atoms with Gasteiger partial charge in [0.2, 0.25) is 0 Å². The predicted octanol–water partition coefficient (Wildman–Crippen LogP) is 0.692. The number of ether oxygens (including phenoxy) is 1. The summed E-state index contributed by atoms with van der Waals surface area (Å²) >= 11 is 0. The number of carbonyl (C=O) groups excluding carboxylic acids is 1. The van der Waals surface area contributed by atoms with Gasteiger partial charge in [0.05, 0.1) is 11.7 Å². The lowest BCUT2D eigenvalue weighted by Gasteiger charge is -2.68. The fourth-order valence-corrected chi connectivity index (χ4v) is 3.49. The normalized spacial score (nSPS) is 30.4. The fourth-order valence-electron chi connectivity index (χ4n) is 3.49. The molecular weight excluding hydrogens is 256 g/mol. The first kappa shape index (κ1) is 11.7. The lowest BCUT2D eigenvalue weighted by Crippen LogP contribution is -2.82. The molecule has 5 rings (SSSR count). The fraction of sp³-hybridized carbons (Fsp3) is 0.429. The van der Waals surface area contributed by atoms with Crippen LogP contribution in [0.3, 0.4) is 0 Å². The smallest absolute Gasteiger partial charge is 0.258 e. The van der Waals surface area contributed by atoms with Crippen molar-refractivity contribution in [3.8, 4) is 5.75 Å². The van der Waals surface area contributed by atoms with E-state index < -0.39 is 0 Å². The summed E-state index contributed by atoms with van der Waals surface area (Å²) in [5.74, 6) is 0.571. The summed E-state index contributed by atoms with van der Waals surface area (Å²) in [7, 11) is 0. The van der Waals surface area contributed by atoms with Crippen molar-refractivity contribution in [2.24, 2.45) is 5.73 Å². The number of nitrogens with zero attached hydrogens (tertiary/aromatic N) is 1. The second-order valence-electron chi connectivity index (χ2n) is 6.13. The molecule has 6 heteroatoms. The lowest BCUT2D eigenvalue weighted by atomic mass is 9.44. The number of rotatable bonds is 4. The van der Waals surface area contributed by atoms with E-state index >= 15 is 0 Å². The molecule has 3 aliphatic carbocycles. The van der Waals surface area contributed by atoms with Crippen LogP contribution >= 0.6 is 0 Å². The van der Waals surface area contributed by atoms with E-state index in [2.05, 4.69) is 15.5 Å². The second-order valence-corrected chi connectivity index (χ2v) is 6.13. The van der Waals surface area contributed by atoms with Crippen LogP contribution in [-0.2, 0) is 4.79 Å². The Bertz CT molecular complexity index is 674. The average Bonchev–Trinajstić information content (AvgIpc) is 2.80. The summed E-state index contributed by atoms with van der Waals surface area (Å²) < 4.78 is 5.51. The van der Waals surface area contributed by atoms with E-state index in [9.17, 15) is 4.79 Å². The molecule has 3 fully saturated rings. The quantitative estimate of drug-likeness (QED) is 0.763. The summed E-state index contributed by atoms with van der Waals surface area (Å²) in [6.07, 6.45) is 4.43. The molecule has 0 atom stereocenters. The Balaban J connectivity index is 1.34. The number of H-pyrrole nitrogens is 1. The van der Waals surface area contributed by atoms with E-state index in [-0.39, 0.29) is 23.6 Å². The van der Waals surface area contributed by atoms with Crippen LogP contribution in [0.2, 0.25) is 0 Å². The van der Waals surface area contributed by atoms with Crippen LogP contribution < -0.4 is 15.8 Å². The molecule has 0 spiro atoms. The molecule has 3 aliphatic rings. The van der Waals surface area contributed by atoms with E-state index in [1.165, 1.54) is 0 Å². The van der Waals surface area contributed by atoms with Gasteiger partial charge in [0.1, 0.15) is 5.75 Å². The first-order chi connectivity index (χ1) is 9.56. The molecule has 2 aromatic rings. The molecule has 0 radical (unpaired) electrons. The van der Waals surface area contributed by atoms with Gasteiger partial charge in [0.15, 0.2) is 6.61 Å². The van der Waals surface area contributed by atoms with Crippen LogP contribution in [-0.4, -0.2) is 33.8 Å². The Morgan fingerprint density at radius 1 is 1.45 bits per heavy atom. The Kier molecular flexibility index (Phi) is 2.18. The van der Waals surface area contributed by atoms with Crippen LogP contribution in [0, 0.1) is 0 Å². The van der Waals surface area contributed by atoms with Gasteiger partial charge in [-0.1, -0.05) is 0 Å². The van der Waals surface area contributed by atoms with Crippen LogP contribution in [0.4, 0.5) is 0 Å². The van der Waals surface area contributed by atoms with E-state index in [1.54, 1.807) is 6.20 Å². The summed E-state index contributed by atoms with van der Waals surface area (Å²) in [6, 6.07) is 5.58. The number of amides is 1. The van der Waals surface area contributed by atoms with Gasteiger partial charge in [-0.15, -0.1) is 0 Å². The molecule has 2 bridgehead atoms. The van der Waals surface area contributed by atoms with Crippen molar-refractivity contribution in [2.75, 3.05) is 6.61 Å². The van der Waals surface area contributed by atoms with Crippen molar-refractivity contribution >= 4 is 16.8 Å². The molecule has 0 saturated heterocycles. The minimum Gasteiger partial charge on any atom is -0.484 e. The molecule has 1 aromatic heterocycles. The maximum Gasteiger partial charge on any atom is 0.258 e. The number of hydrogen-bond donors (Lipinski definition) is 3. The van der Waals surface area contributed by atoms with Crippen molar-refractivity contribution in [1.82, 2.24) is 15.5 Å². The summed E-state index contributed by atoms with van der Waals surface area (Å²) in [5.41, 5.74) is 6.82. The van der Waals surface area contributed by atoms with Crippen molar-refractivity contribution in [2.45, 2.75) is 30.3 Å². The number of nitrogens with one attached hydrogen (secondary N) is 2. The molecule has 20 heavy (non-hydrogen) atoms.